The van der Waals surface area contributed by atoms with Crippen LogP contribution in [-0.4, -0.2) is 40.8 Å². The third-order valence-electron chi connectivity index (χ3n) is 2.87. The van der Waals surface area contributed by atoms with Gasteiger partial charge in [-0.2, -0.15) is 4.31 Å². The zero-order valence-corrected chi connectivity index (χ0v) is 13.0. The van der Waals surface area contributed by atoms with Gasteiger partial charge in [0, 0.05) is 24.7 Å². The first-order chi connectivity index (χ1) is 9.82. The summed E-state index contributed by atoms with van der Waals surface area (Å²) in [4.78, 5) is 19.4. The highest BCUT2D eigenvalue weighted by molar-refractivity contribution is 7.89. The van der Waals surface area contributed by atoms with Crippen LogP contribution in [0.4, 0.5) is 0 Å². The molecular formula is C12H13N3O4S2. The molecule has 0 aliphatic carbocycles. The summed E-state index contributed by atoms with van der Waals surface area (Å²) in [7, 11) is -2.32. The molecule has 0 amide bonds. The van der Waals surface area contributed by atoms with Crippen molar-refractivity contribution >= 4 is 27.3 Å². The topological polar surface area (TPSA) is 100 Å². The molecule has 0 bridgehead atoms. The molecule has 0 unspecified atom stereocenters. The molecule has 1 N–H and O–H groups in total. The van der Waals surface area contributed by atoms with Gasteiger partial charge in [-0.05, 0) is 19.1 Å². The molecule has 21 heavy (non-hydrogen) atoms. The van der Waals surface area contributed by atoms with Crippen molar-refractivity contribution in [1.29, 1.82) is 0 Å². The van der Waals surface area contributed by atoms with Crippen molar-refractivity contribution in [3.63, 3.8) is 0 Å². The smallest absolute Gasteiger partial charge is 0.337 e. The number of aromatic carboxylic acids is 1. The second kappa shape index (κ2) is 5.88. The van der Waals surface area contributed by atoms with Crippen LogP contribution in [0.1, 0.15) is 20.9 Å². The maximum absolute atomic E-state index is 12.4. The van der Waals surface area contributed by atoms with Gasteiger partial charge in [0.2, 0.25) is 0 Å². The summed E-state index contributed by atoms with van der Waals surface area (Å²) in [5.74, 6) is -1.15. The third kappa shape index (κ3) is 3.26. The summed E-state index contributed by atoms with van der Waals surface area (Å²) in [5, 5.41) is 8.60. The van der Waals surface area contributed by atoms with E-state index < -0.39 is 16.0 Å². The third-order valence-corrected chi connectivity index (χ3v) is 5.51. The molecule has 9 heteroatoms. The predicted octanol–water partition coefficient (Wildman–Crippen LogP) is 1.37. The lowest BCUT2D eigenvalue weighted by Gasteiger charge is -2.15. The Kier molecular flexibility index (Phi) is 4.35. The van der Waals surface area contributed by atoms with E-state index in [1.54, 1.807) is 5.51 Å². The van der Waals surface area contributed by atoms with Gasteiger partial charge < -0.3 is 5.11 Å². The van der Waals surface area contributed by atoms with Gasteiger partial charge >= 0.3 is 5.97 Å². The number of hydrogen-bond acceptors (Lipinski definition) is 6. The molecule has 0 radical (unpaired) electrons. The first-order valence-electron chi connectivity index (χ1n) is 5.87. The van der Waals surface area contributed by atoms with Gasteiger partial charge in [-0.15, -0.1) is 11.3 Å². The molecule has 0 aromatic carbocycles. The van der Waals surface area contributed by atoms with E-state index in [-0.39, 0.29) is 17.1 Å². The van der Waals surface area contributed by atoms with E-state index in [4.69, 9.17) is 5.11 Å². The van der Waals surface area contributed by atoms with Crippen LogP contribution in [0.3, 0.4) is 0 Å². The average molecular weight is 327 g/mol. The molecule has 0 aliphatic rings. The maximum Gasteiger partial charge on any atom is 0.337 e. The second-order valence-electron chi connectivity index (χ2n) is 4.31. The quantitative estimate of drug-likeness (QED) is 0.890. The highest BCUT2D eigenvalue weighted by Crippen LogP contribution is 2.19. The van der Waals surface area contributed by atoms with Crippen molar-refractivity contribution in [3.8, 4) is 0 Å². The Labute approximate surface area is 126 Å². The van der Waals surface area contributed by atoms with Crippen molar-refractivity contribution in [2.75, 3.05) is 7.05 Å². The highest BCUT2D eigenvalue weighted by atomic mass is 32.2. The zero-order valence-electron chi connectivity index (χ0n) is 11.3. The van der Waals surface area contributed by atoms with Crippen LogP contribution in [0.2, 0.25) is 0 Å². The fraction of sp³-hybridized carbons (Fsp3) is 0.250. The summed E-state index contributed by atoms with van der Waals surface area (Å²) in [6.07, 6.45) is 1.03. The van der Waals surface area contributed by atoms with Crippen LogP contribution < -0.4 is 0 Å². The van der Waals surface area contributed by atoms with E-state index in [9.17, 15) is 13.2 Å². The molecule has 112 valence electrons. The van der Waals surface area contributed by atoms with Crippen LogP contribution in [0, 0.1) is 6.92 Å². The number of carbonyl (C=O) groups is 1. The minimum absolute atomic E-state index is 0.0603. The molecule has 0 fully saturated rings. The van der Waals surface area contributed by atoms with E-state index in [2.05, 4.69) is 9.97 Å². The summed E-state index contributed by atoms with van der Waals surface area (Å²) < 4.78 is 25.9. The average Bonchev–Trinajstić information content (AvgIpc) is 2.84. The summed E-state index contributed by atoms with van der Waals surface area (Å²) in [5.41, 5.74) is 2.39. The standard InChI is InChI=1S/C12H13N3O4S2/c1-8-10(20-7-14-8)6-15(2)21(18,19)11-4-3-9(5-13-11)12(16)17/h3-5,7H,6H2,1-2H3,(H,16,17). The van der Waals surface area contributed by atoms with Crippen molar-refractivity contribution < 1.29 is 18.3 Å². The van der Waals surface area contributed by atoms with Crippen LogP contribution in [0.25, 0.3) is 0 Å². The predicted molar refractivity (Wildman–Crippen MR) is 76.7 cm³/mol. The van der Waals surface area contributed by atoms with Crippen LogP contribution in [0.5, 0.6) is 0 Å². The van der Waals surface area contributed by atoms with Crippen molar-refractivity contribution in [2.45, 2.75) is 18.5 Å². The van der Waals surface area contributed by atoms with Crippen molar-refractivity contribution in [2.24, 2.45) is 0 Å². The highest BCUT2D eigenvalue weighted by Gasteiger charge is 2.23. The lowest BCUT2D eigenvalue weighted by Crippen LogP contribution is -2.27. The normalized spacial score (nSPS) is 11.8. The monoisotopic (exact) mass is 327 g/mol. The second-order valence-corrected chi connectivity index (χ2v) is 7.24. The first-order valence-corrected chi connectivity index (χ1v) is 8.19. The van der Waals surface area contributed by atoms with Crippen LogP contribution in [0.15, 0.2) is 28.9 Å². The van der Waals surface area contributed by atoms with Gasteiger partial charge in [-0.25, -0.2) is 23.2 Å². The molecular weight excluding hydrogens is 314 g/mol. The SMILES string of the molecule is Cc1ncsc1CN(C)S(=O)(=O)c1ccc(C(=O)O)cn1. The van der Waals surface area contributed by atoms with E-state index in [1.807, 2.05) is 6.92 Å². The Morgan fingerprint density at radius 2 is 2.10 bits per heavy atom. The molecule has 2 aromatic heterocycles. The molecule has 0 aliphatic heterocycles. The number of carboxylic acids is 1. The fourth-order valence-corrected chi connectivity index (χ4v) is 3.54. The van der Waals surface area contributed by atoms with E-state index in [0.29, 0.717) is 0 Å². The molecule has 0 spiro atoms. The number of rotatable bonds is 5. The van der Waals surface area contributed by atoms with Gasteiger partial charge in [0.05, 0.1) is 16.8 Å². The Morgan fingerprint density at radius 3 is 2.57 bits per heavy atom. The van der Waals surface area contributed by atoms with Gasteiger partial charge in [-0.3, -0.25) is 0 Å². The number of hydrogen-bond donors (Lipinski definition) is 1. The number of sulfonamides is 1. The van der Waals surface area contributed by atoms with E-state index in [0.717, 1.165) is 21.1 Å². The van der Waals surface area contributed by atoms with Crippen LogP contribution in [-0.2, 0) is 16.6 Å². The lowest BCUT2D eigenvalue weighted by atomic mass is 10.3. The zero-order chi connectivity index (χ0) is 15.6. The summed E-state index contributed by atoms with van der Waals surface area (Å²) >= 11 is 1.38. The largest absolute Gasteiger partial charge is 0.478 e. The first kappa shape index (κ1) is 15.5. The number of carboxylic acid groups (broad SMARTS) is 1. The minimum atomic E-state index is -3.77. The van der Waals surface area contributed by atoms with Gasteiger partial charge in [0.1, 0.15) is 0 Å². The van der Waals surface area contributed by atoms with E-state index >= 15 is 0 Å². The fourth-order valence-electron chi connectivity index (χ4n) is 1.58. The number of thiazole rings is 1. The lowest BCUT2D eigenvalue weighted by molar-refractivity contribution is 0.0696. The minimum Gasteiger partial charge on any atom is -0.478 e. The van der Waals surface area contributed by atoms with Gasteiger partial charge in [0.15, 0.2) is 5.03 Å². The molecule has 0 atom stereocenters. The number of aryl methyl sites for hydroxylation is 1. The van der Waals surface area contributed by atoms with Crippen molar-refractivity contribution in [1.82, 2.24) is 14.3 Å². The molecule has 2 heterocycles. The Balaban J connectivity index is 2.24. The molecule has 7 nitrogen and oxygen atoms in total. The van der Waals surface area contributed by atoms with E-state index in [1.165, 1.54) is 30.5 Å². The molecule has 0 saturated carbocycles. The van der Waals surface area contributed by atoms with Gasteiger partial charge in [-0.1, -0.05) is 0 Å². The molecule has 2 aromatic rings. The summed E-state index contributed by atoms with van der Waals surface area (Å²) in [6.45, 7) is 2.01. The van der Waals surface area contributed by atoms with Gasteiger partial charge in [0.25, 0.3) is 10.0 Å². The maximum atomic E-state index is 12.4. The van der Waals surface area contributed by atoms with Crippen LogP contribution >= 0.6 is 11.3 Å². The molecule has 0 saturated heterocycles. The summed E-state index contributed by atoms with van der Waals surface area (Å²) in [6, 6.07) is 2.41. The molecule has 2 rings (SSSR count). The Hall–Kier alpha value is -1.84. The van der Waals surface area contributed by atoms with Crippen molar-refractivity contribution in [3.05, 3.63) is 40.0 Å². The Morgan fingerprint density at radius 1 is 1.38 bits per heavy atom. The number of pyridine rings is 1. The number of aromatic nitrogens is 2. The Bertz CT molecular complexity index is 753. The number of nitrogens with zero attached hydrogens (tertiary/aromatic N) is 3.